The molecule has 3 heterocycles. The van der Waals surface area contributed by atoms with Crippen molar-refractivity contribution in [3.63, 3.8) is 0 Å². The first kappa shape index (κ1) is 28.0. The maximum atomic E-state index is 15.4. The van der Waals surface area contributed by atoms with Crippen LogP contribution in [0.15, 0.2) is 41.8 Å². The van der Waals surface area contributed by atoms with Crippen molar-refractivity contribution in [2.24, 2.45) is 4.99 Å². The molecule has 4 rings (SSSR count). The number of benzene rings is 1. The fraction of sp³-hybridized carbons (Fsp3) is 0.269. The maximum Gasteiger partial charge on any atom is 0.433 e. The van der Waals surface area contributed by atoms with Crippen molar-refractivity contribution in [3.05, 3.63) is 81.5 Å². The highest BCUT2D eigenvalue weighted by Crippen LogP contribution is 2.35. The quantitative estimate of drug-likeness (QED) is 0.233. The van der Waals surface area contributed by atoms with Gasteiger partial charge in [0.05, 0.1) is 16.8 Å². The molecule has 0 fully saturated rings. The Morgan fingerprint density at radius 1 is 1.23 bits per heavy atom. The summed E-state index contributed by atoms with van der Waals surface area (Å²) in [6.45, 7) is 6.47. The molecule has 204 valence electrons. The molecule has 0 radical (unpaired) electrons. The first-order valence-electron chi connectivity index (χ1n) is 11.7. The molecule has 3 aromatic heterocycles. The van der Waals surface area contributed by atoms with Gasteiger partial charge in [0, 0.05) is 36.3 Å². The maximum absolute atomic E-state index is 15.4. The van der Waals surface area contributed by atoms with E-state index in [0.717, 1.165) is 12.3 Å². The molecule has 13 heteroatoms. The molecule has 2 N–H and O–H groups in total. The smallest absolute Gasteiger partial charge is 0.433 e. The molecule has 0 spiro atoms. The summed E-state index contributed by atoms with van der Waals surface area (Å²) >= 11 is 6.19. The summed E-state index contributed by atoms with van der Waals surface area (Å²) in [4.78, 5) is 29.1. The Hall–Kier alpha value is -4.06. The topological polar surface area (TPSA) is 108 Å². The van der Waals surface area contributed by atoms with Gasteiger partial charge in [0.25, 0.3) is 5.91 Å². The number of fused-ring (bicyclic) bond motifs is 1. The van der Waals surface area contributed by atoms with Gasteiger partial charge < -0.3 is 10.5 Å². The van der Waals surface area contributed by atoms with Gasteiger partial charge >= 0.3 is 6.18 Å². The van der Waals surface area contributed by atoms with Crippen molar-refractivity contribution >= 4 is 34.6 Å². The number of amides is 1. The van der Waals surface area contributed by atoms with Gasteiger partial charge in [-0.2, -0.15) is 13.2 Å². The molecule has 0 saturated carbocycles. The molecule has 0 atom stereocenters. The van der Waals surface area contributed by atoms with Crippen LogP contribution in [0.5, 0.6) is 5.75 Å². The number of hydrogen-bond acceptors (Lipinski definition) is 6. The Morgan fingerprint density at radius 2 is 1.95 bits per heavy atom. The zero-order valence-electron chi connectivity index (χ0n) is 21.3. The van der Waals surface area contributed by atoms with E-state index in [2.05, 4.69) is 19.9 Å². The van der Waals surface area contributed by atoms with Gasteiger partial charge in [-0.05, 0) is 51.5 Å². The molecule has 39 heavy (non-hydrogen) atoms. The van der Waals surface area contributed by atoms with E-state index in [4.69, 9.17) is 22.1 Å². The summed E-state index contributed by atoms with van der Waals surface area (Å²) in [6, 6.07) is 3.35. The number of alkyl halides is 3. The van der Waals surface area contributed by atoms with Crippen LogP contribution in [-0.2, 0) is 12.6 Å². The zero-order chi connectivity index (χ0) is 28.6. The first-order valence-corrected chi connectivity index (χ1v) is 12.0. The Kier molecular flexibility index (Phi) is 7.60. The summed E-state index contributed by atoms with van der Waals surface area (Å²) in [5, 5.41) is -0.362. The molecule has 0 aliphatic carbocycles. The number of rotatable bonds is 6. The van der Waals surface area contributed by atoms with Gasteiger partial charge in [-0.25, -0.2) is 19.4 Å². The molecule has 0 aliphatic rings. The van der Waals surface area contributed by atoms with Crippen molar-refractivity contribution in [2.75, 3.05) is 5.73 Å². The third-order valence-corrected chi connectivity index (χ3v) is 6.01. The van der Waals surface area contributed by atoms with Crippen LogP contribution in [0.3, 0.4) is 0 Å². The number of nitrogens with two attached hydrogens (primary N) is 1. The van der Waals surface area contributed by atoms with Crippen molar-refractivity contribution < 1.29 is 27.1 Å². The number of pyridine rings is 1. The van der Waals surface area contributed by atoms with Gasteiger partial charge in [0.1, 0.15) is 34.2 Å². The van der Waals surface area contributed by atoms with Crippen LogP contribution < -0.4 is 10.5 Å². The van der Waals surface area contributed by atoms with Crippen LogP contribution in [0, 0.1) is 12.7 Å². The second kappa shape index (κ2) is 10.6. The molecule has 0 aliphatic heterocycles. The summed E-state index contributed by atoms with van der Waals surface area (Å²) < 4.78 is 62.3. The number of aryl methyl sites for hydroxylation is 1. The van der Waals surface area contributed by atoms with Crippen LogP contribution in [0.25, 0.3) is 5.52 Å². The predicted molar refractivity (Wildman–Crippen MR) is 138 cm³/mol. The van der Waals surface area contributed by atoms with Gasteiger partial charge in [-0.1, -0.05) is 11.6 Å². The number of carbonyl (C=O) groups is 1. The molecule has 8 nitrogen and oxygen atoms in total. The summed E-state index contributed by atoms with van der Waals surface area (Å²) in [5.41, 5.74) is 5.77. The molecule has 4 aromatic rings. The number of anilines is 1. The molecule has 1 amide bonds. The highest BCUT2D eigenvalue weighted by molar-refractivity contribution is 6.31. The van der Waals surface area contributed by atoms with E-state index < -0.39 is 35.3 Å². The highest BCUT2D eigenvalue weighted by Gasteiger charge is 2.33. The third kappa shape index (κ3) is 5.70. The van der Waals surface area contributed by atoms with Gasteiger partial charge in [0.15, 0.2) is 5.82 Å². The normalized spacial score (nSPS) is 12.4. The van der Waals surface area contributed by atoms with Crippen molar-refractivity contribution in [1.82, 2.24) is 19.4 Å². The van der Waals surface area contributed by atoms with Crippen LogP contribution >= 0.6 is 11.6 Å². The lowest BCUT2D eigenvalue weighted by Gasteiger charge is -2.18. The number of hydrogen-bond donors (Lipinski definition) is 1. The fourth-order valence-corrected chi connectivity index (χ4v) is 4.27. The summed E-state index contributed by atoms with van der Waals surface area (Å²) in [5.74, 6) is -1.47. The van der Waals surface area contributed by atoms with Crippen LogP contribution in [0.2, 0.25) is 5.02 Å². The third-order valence-electron chi connectivity index (χ3n) is 5.73. The van der Waals surface area contributed by atoms with E-state index in [1.54, 1.807) is 31.4 Å². The van der Waals surface area contributed by atoms with Gasteiger partial charge in [-0.15, -0.1) is 0 Å². The number of nitrogens with zero attached hydrogens (tertiary/aromatic N) is 5. The van der Waals surface area contributed by atoms with Crippen molar-refractivity contribution in [2.45, 2.75) is 46.4 Å². The average Bonchev–Trinajstić information content (AvgIpc) is 3.17. The molecule has 0 unspecified atom stereocenters. The average molecular weight is 563 g/mol. The largest absolute Gasteiger partial charge is 0.490 e. The number of aromatic nitrogens is 4. The Labute approximate surface area is 225 Å². The minimum absolute atomic E-state index is 0.00908. The summed E-state index contributed by atoms with van der Waals surface area (Å²) in [6.07, 6.45) is -0.976. The molecular formula is C26H23ClF4N6O2. The van der Waals surface area contributed by atoms with E-state index in [1.807, 2.05) is 0 Å². The van der Waals surface area contributed by atoms with Gasteiger partial charge in [-0.3, -0.25) is 14.2 Å². The molecule has 0 saturated heterocycles. The Morgan fingerprint density at radius 3 is 2.62 bits per heavy atom. The molecule has 0 bridgehead atoms. The van der Waals surface area contributed by atoms with E-state index in [9.17, 15) is 18.0 Å². The minimum Gasteiger partial charge on any atom is -0.490 e. The van der Waals surface area contributed by atoms with E-state index in [0.29, 0.717) is 22.6 Å². The second-order valence-electron chi connectivity index (χ2n) is 8.95. The second-order valence-corrected chi connectivity index (χ2v) is 9.36. The number of ether oxygens (including phenoxy) is 1. The highest BCUT2D eigenvalue weighted by atomic mass is 35.5. The number of imidazole rings is 1. The lowest BCUT2D eigenvalue weighted by Crippen LogP contribution is -2.15. The zero-order valence-corrected chi connectivity index (χ0v) is 22.0. The SMILES string of the molecule is C/C(=N\C(=O)c1c(F)c(Cl)cc(Cc2nc(C)c3c(N)nccn23)c1OC(C)C)c1ccnc(C(F)(F)F)c1. The standard InChI is InChI=1S/C26H23ClF4N6O2/c1-12(2)39-23-16(11-19-35-14(4)22-24(32)34-7-8-37(19)22)9-17(27)21(28)20(23)25(38)36-13(3)15-5-6-33-18(10-15)26(29,30)31/h5-10,12H,11H2,1-4H3,(H2,32,34)/b36-13+. The first-order chi connectivity index (χ1) is 18.3. The number of halogens is 5. The number of nitrogen functional groups attached to an aromatic ring is 1. The van der Waals surface area contributed by atoms with Gasteiger partial charge in [0.2, 0.25) is 0 Å². The Bertz CT molecular complexity index is 1610. The lowest BCUT2D eigenvalue weighted by atomic mass is 10.0. The van der Waals surface area contributed by atoms with Crippen LogP contribution in [0.1, 0.15) is 59.5 Å². The van der Waals surface area contributed by atoms with Crippen molar-refractivity contribution in [1.29, 1.82) is 0 Å². The van der Waals surface area contributed by atoms with E-state index in [-0.39, 0.29) is 34.3 Å². The fourth-order valence-electron chi connectivity index (χ4n) is 4.05. The van der Waals surface area contributed by atoms with E-state index in [1.165, 1.54) is 25.3 Å². The Balaban J connectivity index is 1.83. The lowest BCUT2D eigenvalue weighted by molar-refractivity contribution is -0.141. The monoisotopic (exact) mass is 562 g/mol. The predicted octanol–water partition coefficient (Wildman–Crippen LogP) is 5.85. The summed E-state index contributed by atoms with van der Waals surface area (Å²) in [7, 11) is 0. The molecule has 1 aromatic carbocycles. The number of aliphatic imine (C=N–C) groups is 1. The number of carbonyl (C=O) groups excluding carboxylic acids is 1. The molecular weight excluding hydrogens is 540 g/mol. The van der Waals surface area contributed by atoms with Crippen LogP contribution in [-0.4, -0.2) is 37.1 Å². The van der Waals surface area contributed by atoms with Crippen molar-refractivity contribution in [3.8, 4) is 5.75 Å². The van der Waals surface area contributed by atoms with E-state index >= 15 is 4.39 Å². The minimum atomic E-state index is -4.69. The van der Waals surface area contributed by atoms with Crippen LogP contribution in [0.4, 0.5) is 23.4 Å².